The fourth-order valence-electron chi connectivity index (χ4n) is 3.93. The first kappa shape index (κ1) is 24.2. The fourth-order valence-corrected chi connectivity index (χ4v) is 5.60. The van der Waals surface area contributed by atoms with Gasteiger partial charge in [0.25, 0.3) is 0 Å². The van der Waals surface area contributed by atoms with E-state index in [1.54, 1.807) is 16.8 Å². The van der Waals surface area contributed by atoms with E-state index in [-0.39, 0.29) is 15.4 Å². The molecule has 2 N–H and O–H groups in total. The SMILES string of the molecule is O=C(C=CC1=C[SiH2]C=C1)NCc1cccc(CNc2cc(-c3ccccc3Cl)nc3c(Br)cnn23)c1. The number of anilines is 1. The van der Waals surface area contributed by atoms with Crippen molar-refractivity contribution < 1.29 is 4.79 Å². The third-order valence-corrected chi connectivity index (χ3v) is 7.84. The Hall–Kier alpha value is -3.46. The van der Waals surface area contributed by atoms with Gasteiger partial charge in [0.05, 0.1) is 25.9 Å². The Morgan fingerprint density at radius 2 is 1.94 bits per heavy atom. The van der Waals surface area contributed by atoms with Crippen LogP contribution >= 0.6 is 27.5 Å². The molecule has 5 rings (SSSR count). The summed E-state index contributed by atoms with van der Waals surface area (Å²) in [5.41, 5.74) is 9.97. The van der Waals surface area contributed by atoms with Crippen molar-refractivity contribution in [1.29, 1.82) is 0 Å². The molecule has 0 atom stereocenters. The van der Waals surface area contributed by atoms with Gasteiger partial charge in [-0.3, -0.25) is 4.79 Å². The van der Waals surface area contributed by atoms with E-state index in [1.165, 1.54) is 0 Å². The molecule has 0 aliphatic carbocycles. The summed E-state index contributed by atoms with van der Waals surface area (Å²) in [4.78, 5) is 16.9. The van der Waals surface area contributed by atoms with Crippen LogP contribution < -0.4 is 10.6 Å². The van der Waals surface area contributed by atoms with Crippen molar-refractivity contribution in [3.63, 3.8) is 0 Å². The predicted octanol–water partition coefficient (Wildman–Crippen LogP) is 5.18. The van der Waals surface area contributed by atoms with Crippen molar-refractivity contribution in [2.24, 2.45) is 0 Å². The number of fused-ring (bicyclic) bond motifs is 1. The number of allylic oxidation sites excluding steroid dienone is 3. The van der Waals surface area contributed by atoms with Crippen LogP contribution in [0.2, 0.25) is 5.02 Å². The second-order valence-corrected chi connectivity index (χ2v) is 10.9. The molecule has 36 heavy (non-hydrogen) atoms. The van der Waals surface area contributed by atoms with Crippen LogP contribution in [0, 0.1) is 0 Å². The van der Waals surface area contributed by atoms with Crippen molar-refractivity contribution in [2.45, 2.75) is 13.1 Å². The summed E-state index contributed by atoms with van der Waals surface area (Å²) >= 11 is 9.98. The topological polar surface area (TPSA) is 71.3 Å². The second kappa shape index (κ2) is 11.1. The number of hydrogen-bond acceptors (Lipinski definition) is 4. The van der Waals surface area contributed by atoms with Gasteiger partial charge in [0, 0.05) is 35.8 Å². The van der Waals surface area contributed by atoms with E-state index in [2.05, 4.69) is 55.2 Å². The molecule has 1 aliphatic rings. The average molecular weight is 577 g/mol. The lowest BCUT2D eigenvalue weighted by atomic mass is 10.1. The van der Waals surface area contributed by atoms with Crippen molar-refractivity contribution in [3.8, 4) is 11.3 Å². The first-order chi connectivity index (χ1) is 17.6. The van der Waals surface area contributed by atoms with Crippen molar-refractivity contribution in [1.82, 2.24) is 19.9 Å². The molecule has 1 aliphatic heterocycles. The van der Waals surface area contributed by atoms with Crippen LogP contribution in [0.3, 0.4) is 0 Å². The highest BCUT2D eigenvalue weighted by atomic mass is 79.9. The van der Waals surface area contributed by atoms with Gasteiger partial charge in [0.2, 0.25) is 5.91 Å². The van der Waals surface area contributed by atoms with Crippen LogP contribution in [-0.2, 0) is 17.9 Å². The number of hydrogen-bond donors (Lipinski definition) is 2. The van der Waals surface area contributed by atoms with Gasteiger partial charge in [0.15, 0.2) is 5.65 Å². The van der Waals surface area contributed by atoms with Gasteiger partial charge in [-0.15, -0.1) is 0 Å². The lowest BCUT2D eigenvalue weighted by Crippen LogP contribution is -2.20. The Balaban J connectivity index is 1.29. The number of amides is 1. The highest BCUT2D eigenvalue weighted by Gasteiger charge is 2.13. The number of aromatic nitrogens is 3. The molecule has 0 spiro atoms. The minimum absolute atomic E-state index is 0.100. The van der Waals surface area contributed by atoms with Crippen LogP contribution in [0.1, 0.15) is 11.1 Å². The molecule has 4 aromatic rings. The number of benzene rings is 2. The van der Waals surface area contributed by atoms with Gasteiger partial charge in [-0.05, 0) is 38.7 Å². The molecule has 0 bridgehead atoms. The second-order valence-electron chi connectivity index (χ2n) is 8.30. The first-order valence-corrected chi connectivity index (χ1v) is 14.3. The quantitative estimate of drug-likeness (QED) is 0.224. The van der Waals surface area contributed by atoms with Crippen molar-refractivity contribution >= 4 is 54.4 Å². The molecule has 9 heteroatoms. The van der Waals surface area contributed by atoms with E-state index in [0.29, 0.717) is 23.8 Å². The number of carbonyl (C=O) groups excluding carboxylic acids is 1. The molecular formula is C27H23BrClN5OSi. The van der Waals surface area contributed by atoms with E-state index in [9.17, 15) is 4.79 Å². The van der Waals surface area contributed by atoms with Crippen LogP contribution in [0.5, 0.6) is 0 Å². The van der Waals surface area contributed by atoms with Gasteiger partial charge in [0.1, 0.15) is 5.82 Å². The lowest BCUT2D eigenvalue weighted by molar-refractivity contribution is -0.116. The molecular weight excluding hydrogens is 554 g/mol. The first-order valence-electron chi connectivity index (χ1n) is 11.5. The summed E-state index contributed by atoms with van der Waals surface area (Å²) in [6, 6.07) is 17.7. The Kier molecular flexibility index (Phi) is 7.46. The number of nitrogens with one attached hydrogen (secondary N) is 2. The standard InChI is InChI=1S/C27H23BrClN5OSi/c28-22-16-32-34-25(13-24(33-27(22)34)21-6-1-2-7-23(21)29)30-14-19-4-3-5-20(12-19)15-31-26(35)9-8-18-10-11-36-17-18/h1-13,16-17,30H,14-15,36H2,(H,31,35). The smallest absolute Gasteiger partial charge is 0.244 e. The Bertz CT molecular complexity index is 1530. The van der Waals surface area contributed by atoms with Gasteiger partial charge in [-0.25, -0.2) is 4.98 Å². The number of rotatable bonds is 8. The minimum Gasteiger partial charge on any atom is -0.366 e. The Morgan fingerprint density at radius 3 is 2.75 bits per heavy atom. The van der Waals surface area contributed by atoms with E-state index < -0.39 is 0 Å². The van der Waals surface area contributed by atoms with E-state index >= 15 is 0 Å². The normalized spacial score (nSPS) is 13.6. The maximum atomic E-state index is 12.2. The molecule has 1 amide bonds. The molecule has 0 saturated carbocycles. The predicted molar refractivity (Wildman–Crippen MR) is 152 cm³/mol. The summed E-state index contributed by atoms with van der Waals surface area (Å²) in [6.07, 6.45) is 7.26. The summed E-state index contributed by atoms with van der Waals surface area (Å²) in [5.74, 6) is 0.694. The third-order valence-electron chi connectivity index (χ3n) is 5.74. The molecule has 2 aromatic heterocycles. The fraction of sp³-hybridized carbons (Fsp3) is 0.0741. The van der Waals surface area contributed by atoms with Gasteiger partial charge < -0.3 is 10.6 Å². The van der Waals surface area contributed by atoms with Crippen LogP contribution in [0.25, 0.3) is 16.9 Å². The Labute approximate surface area is 224 Å². The molecule has 0 fully saturated rings. The van der Waals surface area contributed by atoms with Crippen molar-refractivity contribution in [3.05, 3.63) is 117 Å². The van der Waals surface area contributed by atoms with E-state index in [0.717, 1.165) is 38.2 Å². The van der Waals surface area contributed by atoms with Gasteiger partial charge in [-0.1, -0.05) is 77.6 Å². The molecule has 2 aromatic carbocycles. The zero-order valence-corrected chi connectivity index (χ0v) is 23.0. The number of nitrogens with zero attached hydrogens (tertiary/aromatic N) is 3. The molecule has 6 nitrogen and oxygen atoms in total. The largest absolute Gasteiger partial charge is 0.366 e. The highest BCUT2D eigenvalue weighted by molar-refractivity contribution is 9.10. The molecule has 0 unspecified atom stereocenters. The van der Waals surface area contributed by atoms with E-state index in [4.69, 9.17) is 16.6 Å². The maximum absolute atomic E-state index is 12.2. The lowest BCUT2D eigenvalue weighted by Gasteiger charge is -2.12. The molecule has 3 heterocycles. The van der Waals surface area contributed by atoms with Crippen molar-refractivity contribution in [2.75, 3.05) is 5.32 Å². The summed E-state index contributed by atoms with van der Waals surface area (Å²) < 4.78 is 2.56. The summed E-state index contributed by atoms with van der Waals surface area (Å²) in [5, 5.41) is 11.5. The Morgan fingerprint density at radius 1 is 1.11 bits per heavy atom. The van der Waals surface area contributed by atoms with Gasteiger partial charge in [-0.2, -0.15) is 9.61 Å². The summed E-state index contributed by atoms with van der Waals surface area (Å²) in [6.45, 7) is 1.04. The maximum Gasteiger partial charge on any atom is 0.244 e. The number of halogens is 2. The molecule has 0 radical (unpaired) electrons. The van der Waals surface area contributed by atoms with Crippen LogP contribution in [0.4, 0.5) is 5.82 Å². The molecule has 180 valence electrons. The number of carbonyl (C=O) groups is 1. The zero-order valence-electron chi connectivity index (χ0n) is 19.3. The average Bonchev–Trinajstić information content (AvgIpc) is 3.55. The zero-order chi connectivity index (χ0) is 24.9. The third kappa shape index (κ3) is 5.67. The van der Waals surface area contributed by atoms with Crippen LogP contribution in [0.15, 0.2) is 100 Å². The highest BCUT2D eigenvalue weighted by Crippen LogP contribution is 2.30. The van der Waals surface area contributed by atoms with E-state index in [1.807, 2.05) is 54.6 Å². The summed E-state index contributed by atoms with van der Waals surface area (Å²) in [7, 11) is -0.209. The molecule has 0 saturated heterocycles. The van der Waals surface area contributed by atoms with Crippen LogP contribution in [-0.4, -0.2) is 30.0 Å². The minimum atomic E-state index is -0.209. The monoisotopic (exact) mass is 575 g/mol. The van der Waals surface area contributed by atoms with Gasteiger partial charge >= 0.3 is 0 Å².